The summed E-state index contributed by atoms with van der Waals surface area (Å²) in [7, 11) is 0. The van der Waals surface area contributed by atoms with Crippen LogP contribution in [0.5, 0.6) is 0 Å². The highest BCUT2D eigenvalue weighted by atomic mass is 32.1. The summed E-state index contributed by atoms with van der Waals surface area (Å²) in [5.74, 6) is 0. The Labute approximate surface area is 103 Å². The van der Waals surface area contributed by atoms with Gasteiger partial charge in [-0.05, 0) is 12.1 Å². The van der Waals surface area contributed by atoms with Crippen molar-refractivity contribution in [3.05, 3.63) is 53.2 Å². The molecule has 84 valence electrons. The Morgan fingerprint density at radius 3 is 3.12 bits per heavy atom. The summed E-state index contributed by atoms with van der Waals surface area (Å²) in [4.78, 5) is 8.38. The van der Waals surface area contributed by atoms with Gasteiger partial charge in [0.25, 0.3) is 0 Å². The van der Waals surface area contributed by atoms with Crippen molar-refractivity contribution in [2.75, 3.05) is 5.32 Å². The van der Waals surface area contributed by atoms with Gasteiger partial charge in [0.15, 0.2) is 0 Å². The second kappa shape index (κ2) is 4.51. The van der Waals surface area contributed by atoms with Crippen LogP contribution in [0.2, 0.25) is 0 Å². The SMILES string of the molecule is c1cc(NCc2cscn2)c2ccncc2c1. The van der Waals surface area contributed by atoms with Gasteiger partial charge in [0.2, 0.25) is 0 Å². The normalized spacial score (nSPS) is 10.6. The molecule has 4 heteroatoms. The highest BCUT2D eigenvalue weighted by molar-refractivity contribution is 7.07. The van der Waals surface area contributed by atoms with E-state index in [1.807, 2.05) is 30.0 Å². The number of pyridine rings is 1. The molecule has 0 aliphatic heterocycles. The Hall–Kier alpha value is -1.94. The molecule has 3 aromatic rings. The topological polar surface area (TPSA) is 37.8 Å². The van der Waals surface area contributed by atoms with Gasteiger partial charge < -0.3 is 5.32 Å². The van der Waals surface area contributed by atoms with Crippen molar-refractivity contribution in [2.45, 2.75) is 6.54 Å². The molecule has 1 N–H and O–H groups in total. The molecule has 0 atom stereocenters. The number of fused-ring (bicyclic) bond motifs is 1. The molecule has 17 heavy (non-hydrogen) atoms. The standard InChI is InChI=1S/C13H11N3S/c1-2-10-6-14-5-4-12(10)13(3-1)15-7-11-8-17-9-16-11/h1-6,8-9,15H,7H2. The number of rotatable bonds is 3. The zero-order valence-electron chi connectivity index (χ0n) is 9.13. The summed E-state index contributed by atoms with van der Waals surface area (Å²) in [6.07, 6.45) is 3.69. The minimum atomic E-state index is 0.755. The number of anilines is 1. The molecule has 0 saturated heterocycles. The second-order valence-electron chi connectivity index (χ2n) is 3.74. The first-order valence-corrected chi connectivity index (χ1v) is 6.31. The van der Waals surface area contributed by atoms with Crippen LogP contribution in [0.25, 0.3) is 10.8 Å². The number of benzene rings is 1. The van der Waals surface area contributed by atoms with Crippen molar-refractivity contribution in [2.24, 2.45) is 0 Å². The first kappa shape index (κ1) is 10.2. The molecule has 0 unspecified atom stereocenters. The second-order valence-corrected chi connectivity index (χ2v) is 4.45. The number of thiazole rings is 1. The van der Waals surface area contributed by atoms with Crippen molar-refractivity contribution < 1.29 is 0 Å². The Balaban J connectivity index is 1.90. The molecular weight excluding hydrogens is 230 g/mol. The maximum atomic E-state index is 4.26. The van der Waals surface area contributed by atoms with E-state index in [0.717, 1.165) is 23.3 Å². The molecule has 2 heterocycles. The number of aromatic nitrogens is 2. The van der Waals surface area contributed by atoms with Gasteiger partial charge in [0.05, 0.1) is 17.7 Å². The first-order chi connectivity index (χ1) is 8.43. The van der Waals surface area contributed by atoms with Crippen LogP contribution in [0.4, 0.5) is 5.69 Å². The molecule has 0 spiro atoms. The smallest absolute Gasteiger partial charge is 0.0795 e. The predicted molar refractivity (Wildman–Crippen MR) is 71.2 cm³/mol. The summed E-state index contributed by atoms with van der Waals surface area (Å²) in [5.41, 5.74) is 4.04. The van der Waals surface area contributed by atoms with Crippen LogP contribution in [0.3, 0.4) is 0 Å². The van der Waals surface area contributed by atoms with Crippen LogP contribution in [0, 0.1) is 0 Å². The molecule has 0 saturated carbocycles. The lowest BCUT2D eigenvalue weighted by atomic mass is 10.1. The van der Waals surface area contributed by atoms with Gasteiger partial charge in [-0.3, -0.25) is 4.98 Å². The lowest BCUT2D eigenvalue weighted by Gasteiger charge is -2.07. The van der Waals surface area contributed by atoms with Crippen LogP contribution >= 0.6 is 11.3 Å². The summed E-state index contributed by atoms with van der Waals surface area (Å²) in [5, 5.41) is 7.80. The summed E-state index contributed by atoms with van der Waals surface area (Å²) in [6.45, 7) is 0.755. The largest absolute Gasteiger partial charge is 0.379 e. The van der Waals surface area contributed by atoms with Gasteiger partial charge in [0.1, 0.15) is 0 Å². The van der Waals surface area contributed by atoms with E-state index in [2.05, 4.69) is 32.8 Å². The zero-order valence-corrected chi connectivity index (χ0v) is 9.95. The Kier molecular flexibility index (Phi) is 2.71. The fourth-order valence-corrected chi connectivity index (χ4v) is 2.35. The molecule has 1 aromatic carbocycles. The van der Waals surface area contributed by atoms with Crippen LogP contribution in [0.15, 0.2) is 47.5 Å². The van der Waals surface area contributed by atoms with Crippen molar-refractivity contribution >= 4 is 27.8 Å². The molecule has 0 bridgehead atoms. The van der Waals surface area contributed by atoms with Crippen LogP contribution in [0.1, 0.15) is 5.69 Å². The Morgan fingerprint density at radius 1 is 1.24 bits per heavy atom. The first-order valence-electron chi connectivity index (χ1n) is 5.37. The third-order valence-corrected chi connectivity index (χ3v) is 3.26. The highest BCUT2D eigenvalue weighted by Gasteiger charge is 2.00. The van der Waals surface area contributed by atoms with E-state index in [9.17, 15) is 0 Å². The fourth-order valence-electron chi connectivity index (χ4n) is 1.79. The van der Waals surface area contributed by atoms with E-state index in [-0.39, 0.29) is 0 Å². The Bertz CT molecular complexity index is 614. The minimum Gasteiger partial charge on any atom is -0.379 e. The maximum Gasteiger partial charge on any atom is 0.0795 e. The lowest BCUT2D eigenvalue weighted by molar-refractivity contribution is 1.08. The maximum absolute atomic E-state index is 4.26. The summed E-state index contributed by atoms with van der Waals surface area (Å²) < 4.78 is 0. The molecule has 2 aromatic heterocycles. The van der Waals surface area contributed by atoms with E-state index >= 15 is 0 Å². The van der Waals surface area contributed by atoms with Crippen molar-refractivity contribution in [1.29, 1.82) is 0 Å². The van der Waals surface area contributed by atoms with E-state index < -0.39 is 0 Å². The monoisotopic (exact) mass is 241 g/mol. The quantitative estimate of drug-likeness (QED) is 0.764. The molecule has 3 rings (SSSR count). The summed E-state index contributed by atoms with van der Waals surface area (Å²) in [6, 6.07) is 8.21. The summed E-state index contributed by atoms with van der Waals surface area (Å²) >= 11 is 1.62. The van der Waals surface area contributed by atoms with Crippen molar-refractivity contribution in [1.82, 2.24) is 9.97 Å². The van der Waals surface area contributed by atoms with Gasteiger partial charge in [0, 0.05) is 34.2 Å². The van der Waals surface area contributed by atoms with E-state index in [0.29, 0.717) is 0 Å². The van der Waals surface area contributed by atoms with Gasteiger partial charge in [-0.1, -0.05) is 12.1 Å². The third-order valence-electron chi connectivity index (χ3n) is 2.62. The van der Waals surface area contributed by atoms with E-state index in [4.69, 9.17) is 0 Å². The molecular formula is C13H11N3S. The van der Waals surface area contributed by atoms with E-state index in [1.54, 1.807) is 11.3 Å². The molecule has 0 aliphatic rings. The molecule has 0 amide bonds. The fraction of sp³-hybridized carbons (Fsp3) is 0.0769. The minimum absolute atomic E-state index is 0.755. The molecule has 0 radical (unpaired) electrons. The van der Waals surface area contributed by atoms with Crippen LogP contribution in [-0.2, 0) is 6.54 Å². The highest BCUT2D eigenvalue weighted by Crippen LogP contribution is 2.22. The number of nitrogens with zero attached hydrogens (tertiary/aromatic N) is 2. The molecule has 3 nitrogen and oxygen atoms in total. The van der Waals surface area contributed by atoms with Crippen LogP contribution < -0.4 is 5.32 Å². The van der Waals surface area contributed by atoms with Gasteiger partial charge >= 0.3 is 0 Å². The number of hydrogen-bond donors (Lipinski definition) is 1. The predicted octanol–water partition coefficient (Wildman–Crippen LogP) is 3.30. The lowest BCUT2D eigenvalue weighted by Crippen LogP contribution is -1.99. The average Bonchev–Trinajstić information content (AvgIpc) is 2.89. The number of hydrogen-bond acceptors (Lipinski definition) is 4. The number of nitrogens with one attached hydrogen (secondary N) is 1. The van der Waals surface area contributed by atoms with Gasteiger partial charge in [-0.25, -0.2) is 4.98 Å². The molecule has 0 aliphatic carbocycles. The zero-order chi connectivity index (χ0) is 11.5. The Morgan fingerprint density at radius 2 is 2.24 bits per heavy atom. The van der Waals surface area contributed by atoms with E-state index in [1.165, 1.54) is 5.39 Å². The average molecular weight is 241 g/mol. The molecule has 0 fully saturated rings. The third kappa shape index (κ3) is 2.12. The van der Waals surface area contributed by atoms with Gasteiger partial charge in [-0.15, -0.1) is 11.3 Å². The van der Waals surface area contributed by atoms with Gasteiger partial charge in [-0.2, -0.15) is 0 Å². The van der Waals surface area contributed by atoms with Crippen molar-refractivity contribution in [3.63, 3.8) is 0 Å². The van der Waals surface area contributed by atoms with Crippen molar-refractivity contribution in [3.8, 4) is 0 Å². The van der Waals surface area contributed by atoms with Crippen LogP contribution in [-0.4, -0.2) is 9.97 Å².